The Morgan fingerprint density at radius 3 is 1.70 bits per heavy atom. The van der Waals surface area contributed by atoms with Gasteiger partial charge >= 0.3 is 80.0 Å². The molecule has 0 rings (SSSR count). The van der Waals surface area contributed by atoms with Crippen molar-refractivity contribution in [2.45, 2.75) is 0 Å². The third-order valence-electron chi connectivity index (χ3n) is 0.188. The normalized spacial score (nSPS) is 12.3. The second-order valence-electron chi connectivity index (χ2n) is 0.973. The van der Waals surface area contributed by atoms with Crippen molar-refractivity contribution in [3.63, 3.8) is 0 Å². The Morgan fingerprint density at radius 2 is 1.70 bits per heavy atom. The summed E-state index contributed by atoms with van der Waals surface area (Å²) in [7, 11) is -5.13. The molecule has 0 aromatic rings. The van der Waals surface area contributed by atoms with Gasteiger partial charge in [-0.3, -0.25) is 0 Å². The first-order valence-electron chi connectivity index (χ1n) is 1.43. The minimum atomic E-state index is -6.44. The quantitative estimate of drug-likeness (QED) is 0.304. The molecule has 10 heavy (non-hydrogen) atoms. The average Bonchev–Trinajstić information content (AvgIpc) is 1.14. The molecule has 0 saturated heterocycles. The van der Waals surface area contributed by atoms with E-state index in [1.807, 2.05) is 0 Å². The molecule has 0 fully saturated rings. The van der Waals surface area contributed by atoms with Gasteiger partial charge in [0.1, 0.15) is 0 Å². The van der Waals surface area contributed by atoms with Gasteiger partial charge in [0.15, 0.2) is 0 Å². The Morgan fingerprint density at radius 1 is 1.40 bits per heavy atom. The topological polar surface area (TPSA) is 124 Å². The zero-order valence-corrected chi connectivity index (χ0v) is 12.7. The average molecular weight is 533 g/mol. The first-order valence-corrected chi connectivity index (χ1v) is 7.75. The van der Waals surface area contributed by atoms with E-state index < -0.39 is 24.6 Å². The van der Waals surface area contributed by atoms with Crippen molar-refractivity contribution in [1.82, 2.24) is 0 Å². The third-order valence-corrected chi connectivity index (χ3v) is 4.63. The number of hydrogen-bond acceptors (Lipinski definition) is 5. The Kier molecular flexibility index (Phi) is 6.01. The van der Waals surface area contributed by atoms with Gasteiger partial charge in [0, 0.05) is 0 Å². The van der Waals surface area contributed by atoms with E-state index in [2.05, 4.69) is 3.18 Å². The van der Waals surface area contributed by atoms with Crippen LogP contribution in [-0.4, -0.2) is 37.1 Å². The minimum absolute atomic E-state index is 0. The molecule has 10 heteroatoms. The molecule has 0 radical (unpaired) electrons. The van der Waals surface area contributed by atoms with Crippen molar-refractivity contribution in [3.05, 3.63) is 0 Å². The number of phosphoric acid groups is 1. The molecular weight excluding hydrogens is 531 g/mol. The van der Waals surface area contributed by atoms with Gasteiger partial charge in [-0.2, -0.15) is 0 Å². The van der Waals surface area contributed by atoms with E-state index in [1.54, 1.807) is 0 Å². The Balaban J connectivity index is 0. The van der Waals surface area contributed by atoms with Crippen molar-refractivity contribution in [3.8, 4) is 0 Å². The van der Waals surface area contributed by atoms with Gasteiger partial charge in [-0.25, -0.2) is 0 Å². The standard InChI is InChI=1S/H3O4P.3O.Tl.W/c1-5(2,3)4;;;;;/h(H3,1,2,3,4);;;;;/q;;;-1;2*+1/p-1. The minimum Gasteiger partial charge on any atom is 1.00 e. The zero-order valence-electron chi connectivity index (χ0n) is 4.37. The Labute approximate surface area is 79.5 Å². The van der Waals surface area contributed by atoms with Crippen LogP contribution in [0.4, 0.5) is 0 Å². The van der Waals surface area contributed by atoms with Gasteiger partial charge in [0.25, 0.3) is 0 Å². The van der Waals surface area contributed by atoms with Crippen molar-refractivity contribution in [1.29, 1.82) is 0 Å². The van der Waals surface area contributed by atoms with E-state index in [9.17, 15) is 15.1 Å². The molecule has 0 aromatic carbocycles. The maximum atomic E-state index is 9.57. The molecule has 0 aliphatic carbocycles. The monoisotopic (exact) mass is 534 g/mol. The van der Waals surface area contributed by atoms with Crippen LogP contribution in [0.3, 0.4) is 0 Å². The van der Waals surface area contributed by atoms with Gasteiger partial charge in [0.05, 0.1) is 0 Å². The second kappa shape index (κ2) is 4.34. The van der Waals surface area contributed by atoms with Crippen LogP contribution in [0.2, 0.25) is 0 Å². The van der Waals surface area contributed by atoms with Crippen LogP contribution in [0.1, 0.15) is 0 Å². The van der Waals surface area contributed by atoms with Crippen LogP contribution in [0.15, 0.2) is 0 Å². The van der Waals surface area contributed by atoms with E-state index in [-0.39, 0.29) is 27.3 Å². The van der Waals surface area contributed by atoms with E-state index in [0.29, 0.717) is 0 Å². The van der Waals surface area contributed by atoms with Crippen LogP contribution < -0.4 is 3.76 Å². The molecule has 2 N–H and O–H groups in total. The summed E-state index contributed by atoms with van der Waals surface area (Å²) >= 11 is -6.44. The van der Waals surface area contributed by atoms with Gasteiger partial charge in [-0.1, -0.05) is 0 Å². The fourth-order valence-corrected chi connectivity index (χ4v) is 2.92. The summed E-state index contributed by atoms with van der Waals surface area (Å²) in [5.41, 5.74) is 0. The predicted octanol–water partition coefficient (Wildman–Crippen LogP) is -2.25. The van der Waals surface area contributed by atoms with Crippen LogP contribution in [0.5, 0.6) is 0 Å². The Hall–Kier alpha value is 1.28. The van der Waals surface area contributed by atoms with Crippen molar-refractivity contribution >= 4 is 35.1 Å². The van der Waals surface area contributed by atoms with E-state index >= 15 is 0 Å². The molecule has 0 aliphatic heterocycles. The number of rotatable bonds is 2. The van der Waals surface area contributed by atoms with Gasteiger partial charge < -0.3 is 0 Å². The smallest absolute Gasteiger partial charge is 1.00 e. The molecule has 0 saturated carbocycles. The molecule has 0 spiro atoms. The molecule has 0 amide bonds. The summed E-state index contributed by atoms with van der Waals surface area (Å²) < 4.78 is 40.9. The molecule has 58 valence electrons. The molecule has 0 bridgehead atoms. The molecule has 0 aliphatic rings. The van der Waals surface area contributed by atoms with Crippen molar-refractivity contribution in [2.24, 2.45) is 0 Å². The Bertz CT molecular complexity index is 220. The first kappa shape index (κ1) is 13.8. The number of hydrogen-bond donors (Lipinski definition) is 2. The summed E-state index contributed by atoms with van der Waals surface area (Å²) in [5, 5.41) is 0. The van der Waals surface area contributed by atoms with Gasteiger partial charge in [-0.05, 0) is 0 Å². The second-order valence-corrected chi connectivity index (χ2v) is 6.64. The molecule has 0 heterocycles. The maximum absolute atomic E-state index is 9.57. The van der Waals surface area contributed by atoms with Gasteiger partial charge in [0.2, 0.25) is 0 Å². The van der Waals surface area contributed by atoms with E-state index in [0.717, 1.165) is 0 Å². The fourth-order valence-electron chi connectivity index (χ4n) is 0.119. The largest absolute Gasteiger partial charge is 1.00 e. The van der Waals surface area contributed by atoms with Crippen LogP contribution in [0, 0.1) is 0 Å². The third kappa shape index (κ3) is 12.0. The summed E-state index contributed by atoms with van der Waals surface area (Å²) in [4.78, 5) is 15.4. The van der Waals surface area contributed by atoms with Crippen LogP contribution in [0.25, 0.3) is 0 Å². The van der Waals surface area contributed by atoms with Crippen LogP contribution in [-0.2, 0) is 31.3 Å². The molecular formula is H2O7PTlW. The summed E-state index contributed by atoms with van der Waals surface area (Å²) in [6.07, 6.45) is 0. The SMILES string of the molecule is O=P(O)(O)[O][W](=[O])(=[O])[O-].[Tl+]. The first-order chi connectivity index (χ1) is 3.71. The summed E-state index contributed by atoms with van der Waals surface area (Å²) in [6.45, 7) is 0. The maximum Gasteiger partial charge on any atom is 1.00 e. The molecule has 7 nitrogen and oxygen atoms in total. The molecule has 0 aromatic heterocycles. The van der Waals surface area contributed by atoms with Crippen molar-refractivity contribution < 1.29 is 44.8 Å². The van der Waals surface area contributed by atoms with E-state index in [4.69, 9.17) is 9.79 Å². The van der Waals surface area contributed by atoms with Crippen LogP contribution >= 0.6 is 7.82 Å². The zero-order chi connectivity index (χ0) is 7.71. The predicted molar refractivity (Wildman–Crippen MR) is 20.3 cm³/mol. The fraction of sp³-hybridized carbons (Fsp3) is 0. The molecule has 0 unspecified atom stereocenters. The van der Waals surface area contributed by atoms with Crippen molar-refractivity contribution in [2.75, 3.05) is 0 Å². The van der Waals surface area contributed by atoms with E-state index in [1.165, 1.54) is 0 Å². The summed E-state index contributed by atoms with van der Waals surface area (Å²) in [6, 6.07) is 0. The summed E-state index contributed by atoms with van der Waals surface area (Å²) in [5.74, 6) is 0. The van der Waals surface area contributed by atoms with Gasteiger partial charge in [-0.15, -0.1) is 0 Å². The molecule has 0 atom stereocenters.